The van der Waals surface area contributed by atoms with E-state index in [4.69, 9.17) is 0 Å². The molecular weight excluding hydrogens is 210 g/mol. The van der Waals surface area contributed by atoms with Crippen LogP contribution in [0.15, 0.2) is 0 Å². The van der Waals surface area contributed by atoms with Gasteiger partial charge in [0.1, 0.15) is 0 Å². The first-order chi connectivity index (χ1) is 8.36. The fraction of sp³-hybridized carbons (Fsp3) is 1.00. The van der Waals surface area contributed by atoms with Gasteiger partial charge in [-0.1, -0.05) is 20.3 Å². The quantitative estimate of drug-likeness (QED) is 0.621. The zero-order valence-electron chi connectivity index (χ0n) is 11.9. The van der Waals surface area contributed by atoms with Gasteiger partial charge in [-0.2, -0.15) is 0 Å². The molecule has 1 aliphatic heterocycles. The molecule has 0 bridgehead atoms. The lowest BCUT2D eigenvalue weighted by atomic mass is 10.1. The van der Waals surface area contributed by atoms with Crippen LogP contribution in [0.4, 0.5) is 0 Å². The predicted molar refractivity (Wildman–Crippen MR) is 75.6 cm³/mol. The van der Waals surface area contributed by atoms with Crippen LogP contribution in [0.3, 0.4) is 0 Å². The Kier molecular flexibility index (Phi) is 8.67. The van der Waals surface area contributed by atoms with Crippen molar-refractivity contribution in [2.45, 2.75) is 39.5 Å². The maximum atomic E-state index is 3.57. The molecule has 0 unspecified atom stereocenters. The molecule has 1 saturated heterocycles. The molecule has 1 aliphatic rings. The Morgan fingerprint density at radius 2 is 1.71 bits per heavy atom. The van der Waals surface area contributed by atoms with Crippen LogP contribution in [-0.4, -0.2) is 62.2 Å². The van der Waals surface area contributed by atoms with E-state index in [1.807, 2.05) is 0 Å². The largest absolute Gasteiger partial charge is 0.315 e. The van der Waals surface area contributed by atoms with Gasteiger partial charge in [0.05, 0.1) is 0 Å². The summed E-state index contributed by atoms with van der Waals surface area (Å²) < 4.78 is 0. The Balaban J connectivity index is 1.86. The first-order valence-corrected chi connectivity index (χ1v) is 7.52. The summed E-state index contributed by atoms with van der Waals surface area (Å²) in [7, 11) is 0. The molecule has 3 heteroatoms. The lowest BCUT2D eigenvalue weighted by Gasteiger charge is -2.26. The van der Waals surface area contributed by atoms with Gasteiger partial charge in [-0.15, -0.1) is 0 Å². The molecule has 0 aromatic rings. The summed E-state index contributed by atoms with van der Waals surface area (Å²) >= 11 is 0. The van der Waals surface area contributed by atoms with Gasteiger partial charge in [0.25, 0.3) is 0 Å². The number of likely N-dealkylation sites (tertiary alicyclic amines) is 1. The van der Waals surface area contributed by atoms with Crippen molar-refractivity contribution in [3.63, 3.8) is 0 Å². The normalized spacial score (nSPS) is 17.8. The van der Waals surface area contributed by atoms with Crippen molar-refractivity contribution in [2.24, 2.45) is 0 Å². The molecule has 1 heterocycles. The van der Waals surface area contributed by atoms with Gasteiger partial charge in [-0.3, -0.25) is 0 Å². The van der Waals surface area contributed by atoms with Crippen LogP contribution in [0.2, 0.25) is 0 Å². The molecule has 0 radical (unpaired) electrons. The average Bonchev–Trinajstić information content (AvgIpc) is 2.39. The molecule has 0 aromatic heterocycles. The van der Waals surface area contributed by atoms with Crippen LogP contribution < -0.4 is 5.32 Å². The Morgan fingerprint density at radius 3 is 2.35 bits per heavy atom. The lowest BCUT2D eigenvalue weighted by molar-refractivity contribution is 0.228. The van der Waals surface area contributed by atoms with E-state index in [9.17, 15) is 0 Å². The second kappa shape index (κ2) is 9.86. The maximum Gasteiger partial charge on any atom is 0.0107 e. The first kappa shape index (κ1) is 14.9. The second-order valence-corrected chi connectivity index (χ2v) is 5.03. The molecule has 0 saturated carbocycles. The summed E-state index contributed by atoms with van der Waals surface area (Å²) in [6.45, 7) is 14.3. The number of hydrogen-bond donors (Lipinski definition) is 1. The summed E-state index contributed by atoms with van der Waals surface area (Å²) in [4.78, 5) is 5.09. The average molecular weight is 241 g/mol. The minimum Gasteiger partial charge on any atom is -0.315 e. The van der Waals surface area contributed by atoms with Crippen LogP contribution in [0.1, 0.15) is 39.5 Å². The molecule has 1 fully saturated rings. The summed E-state index contributed by atoms with van der Waals surface area (Å²) in [6.07, 6.45) is 5.53. The van der Waals surface area contributed by atoms with Gasteiger partial charge in [0, 0.05) is 13.1 Å². The van der Waals surface area contributed by atoms with Crippen molar-refractivity contribution in [1.29, 1.82) is 0 Å². The molecule has 0 aliphatic carbocycles. The van der Waals surface area contributed by atoms with Gasteiger partial charge >= 0.3 is 0 Å². The molecule has 3 nitrogen and oxygen atoms in total. The molecular formula is C14H31N3. The Hall–Kier alpha value is -0.120. The molecule has 0 aromatic carbocycles. The van der Waals surface area contributed by atoms with E-state index < -0.39 is 0 Å². The molecule has 1 rings (SSSR count). The van der Waals surface area contributed by atoms with Gasteiger partial charge in [-0.25, -0.2) is 0 Å². The third-order valence-electron chi connectivity index (χ3n) is 3.78. The minimum absolute atomic E-state index is 1.16. The highest BCUT2D eigenvalue weighted by Gasteiger charge is 2.08. The zero-order valence-corrected chi connectivity index (χ0v) is 11.9. The third kappa shape index (κ3) is 7.02. The maximum absolute atomic E-state index is 3.57. The monoisotopic (exact) mass is 241 g/mol. The van der Waals surface area contributed by atoms with E-state index >= 15 is 0 Å². The lowest BCUT2D eigenvalue weighted by Crippen LogP contribution is -2.36. The summed E-state index contributed by atoms with van der Waals surface area (Å²) in [5.41, 5.74) is 0. The molecule has 17 heavy (non-hydrogen) atoms. The van der Waals surface area contributed by atoms with E-state index in [0.29, 0.717) is 0 Å². The third-order valence-corrected chi connectivity index (χ3v) is 3.78. The molecule has 102 valence electrons. The fourth-order valence-corrected chi connectivity index (χ4v) is 2.51. The standard InChI is InChI=1S/C14H31N3/c1-3-16(4-2)13-8-9-15-10-14-17-11-6-5-7-12-17/h15H,3-14H2,1-2H3. The van der Waals surface area contributed by atoms with E-state index in [1.54, 1.807) is 0 Å². The SMILES string of the molecule is CCN(CC)CCCNCCN1CCCCC1. The van der Waals surface area contributed by atoms with E-state index in [1.165, 1.54) is 71.5 Å². The molecule has 0 spiro atoms. The molecule has 0 atom stereocenters. The van der Waals surface area contributed by atoms with Gasteiger partial charge in [0.15, 0.2) is 0 Å². The predicted octanol–water partition coefficient (Wildman–Crippen LogP) is 1.79. The fourth-order valence-electron chi connectivity index (χ4n) is 2.51. The van der Waals surface area contributed by atoms with Crippen molar-refractivity contribution in [1.82, 2.24) is 15.1 Å². The van der Waals surface area contributed by atoms with E-state index in [2.05, 4.69) is 29.0 Å². The van der Waals surface area contributed by atoms with Gasteiger partial charge in [-0.05, 0) is 58.5 Å². The van der Waals surface area contributed by atoms with E-state index in [0.717, 1.165) is 6.54 Å². The van der Waals surface area contributed by atoms with Crippen LogP contribution in [-0.2, 0) is 0 Å². The van der Waals surface area contributed by atoms with Crippen molar-refractivity contribution in [3.8, 4) is 0 Å². The van der Waals surface area contributed by atoms with Crippen LogP contribution >= 0.6 is 0 Å². The number of piperidine rings is 1. The van der Waals surface area contributed by atoms with Crippen molar-refractivity contribution < 1.29 is 0 Å². The molecule has 0 amide bonds. The van der Waals surface area contributed by atoms with Crippen molar-refractivity contribution >= 4 is 0 Å². The Morgan fingerprint density at radius 1 is 1.00 bits per heavy atom. The van der Waals surface area contributed by atoms with E-state index in [-0.39, 0.29) is 0 Å². The highest BCUT2D eigenvalue weighted by Crippen LogP contribution is 2.07. The Labute approximate surface area is 108 Å². The number of rotatable bonds is 9. The summed E-state index contributed by atoms with van der Waals surface area (Å²) in [5, 5.41) is 3.57. The Bertz CT molecular complexity index is 163. The highest BCUT2D eigenvalue weighted by molar-refractivity contribution is 4.65. The topological polar surface area (TPSA) is 18.5 Å². The van der Waals surface area contributed by atoms with Crippen molar-refractivity contribution in [3.05, 3.63) is 0 Å². The zero-order chi connectivity index (χ0) is 12.3. The molecule has 1 N–H and O–H groups in total. The summed E-state index contributed by atoms with van der Waals surface area (Å²) in [5.74, 6) is 0. The number of hydrogen-bond acceptors (Lipinski definition) is 3. The van der Waals surface area contributed by atoms with Crippen LogP contribution in [0.25, 0.3) is 0 Å². The van der Waals surface area contributed by atoms with Crippen molar-refractivity contribution in [2.75, 3.05) is 52.4 Å². The number of nitrogens with one attached hydrogen (secondary N) is 1. The van der Waals surface area contributed by atoms with Crippen LogP contribution in [0, 0.1) is 0 Å². The van der Waals surface area contributed by atoms with Gasteiger partial charge < -0.3 is 15.1 Å². The number of nitrogens with zero attached hydrogens (tertiary/aromatic N) is 2. The second-order valence-electron chi connectivity index (χ2n) is 5.03. The highest BCUT2D eigenvalue weighted by atomic mass is 15.1. The van der Waals surface area contributed by atoms with Crippen LogP contribution in [0.5, 0.6) is 0 Å². The van der Waals surface area contributed by atoms with Gasteiger partial charge in [0.2, 0.25) is 0 Å². The first-order valence-electron chi connectivity index (χ1n) is 7.52. The minimum atomic E-state index is 1.16. The summed E-state index contributed by atoms with van der Waals surface area (Å²) in [6, 6.07) is 0. The smallest absolute Gasteiger partial charge is 0.0107 e.